The summed E-state index contributed by atoms with van der Waals surface area (Å²) in [6, 6.07) is 9.80. The summed E-state index contributed by atoms with van der Waals surface area (Å²) in [6.45, 7) is 6.11. The SMILES string of the molecule is CCOc1cc(/C=C2/C(=O)NC(=O)N(c3cc(C(F)(F)F)ccc3Cl)C2=O)cc(Cl)c1OCc1cc(C)cc(C)c1. The van der Waals surface area contributed by atoms with Crippen LogP contribution in [0.15, 0.2) is 54.1 Å². The molecule has 0 spiro atoms. The first-order valence-electron chi connectivity index (χ1n) is 12.2. The van der Waals surface area contributed by atoms with Gasteiger partial charge < -0.3 is 9.47 Å². The summed E-state index contributed by atoms with van der Waals surface area (Å²) in [5, 5.41) is 1.77. The molecule has 1 saturated heterocycles. The Morgan fingerprint density at radius 2 is 1.61 bits per heavy atom. The largest absolute Gasteiger partial charge is 0.490 e. The number of halogens is 5. The summed E-state index contributed by atoms with van der Waals surface area (Å²) in [5.74, 6) is -1.76. The monoisotopic (exact) mass is 606 g/mol. The molecule has 0 aliphatic carbocycles. The summed E-state index contributed by atoms with van der Waals surface area (Å²) in [4.78, 5) is 38.8. The number of barbiturate groups is 1. The van der Waals surface area contributed by atoms with Crippen LogP contribution < -0.4 is 19.7 Å². The quantitative estimate of drug-likeness (QED) is 0.226. The van der Waals surface area contributed by atoms with Crippen molar-refractivity contribution in [2.24, 2.45) is 0 Å². The van der Waals surface area contributed by atoms with Gasteiger partial charge >= 0.3 is 12.2 Å². The van der Waals surface area contributed by atoms with Gasteiger partial charge in [-0.2, -0.15) is 13.2 Å². The van der Waals surface area contributed by atoms with E-state index in [1.807, 2.05) is 37.4 Å². The molecule has 0 aromatic heterocycles. The molecule has 12 heteroatoms. The second-order valence-electron chi connectivity index (χ2n) is 9.17. The summed E-state index contributed by atoms with van der Waals surface area (Å²) < 4.78 is 51.5. The van der Waals surface area contributed by atoms with Crippen molar-refractivity contribution in [1.29, 1.82) is 0 Å². The van der Waals surface area contributed by atoms with Crippen molar-refractivity contribution in [2.45, 2.75) is 33.6 Å². The first-order chi connectivity index (χ1) is 19.3. The van der Waals surface area contributed by atoms with E-state index in [0.717, 1.165) is 28.8 Å². The number of hydrogen-bond donors (Lipinski definition) is 1. The minimum absolute atomic E-state index is 0.115. The van der Waals surface area contributed by atoms with Crippen molar-refractivity contribution >= 4 is 52.8 Å². The van der Waals surface area contributed by atoms with Crippen molar-refractivity contribution in [3.05, 3.63) is 92.0 Å². The Morgan fingerprint density at radius 1 is 0.927 bits per heavy atom. The molecule has 1 fully saturated rings. The average Bonchev–Trinajstić information content (AvgIpc) is 2.86. The number of urea groups is 1. The zero-order valence-electron chi connectivity index (χ0n) is 22.0. The van der Waals surface area contributed by atoms with Crippen molar-refractivity contribution in [2.75, 3.05) is 11.5 Å². The Labute approximate surface area is 243 Å². The van der Waals surface area contributed by atoms with E-state index in [4.69, 9.17) is 32.7 Å². The highest BCUT2D eigenvalue weighted by Gasteiger charge is 2.39. The summed E-state index contributed by atoms with van der Waals surface area (Å²) in [6.07, 6.45) is -3.63. The lowest BCUT2D eigenvalue weighted by molar-refractivity contribution is -0.137. The number of alkyl halides is 3. The van der Waals surface area contributed by atoms with Gasteiger partial charge in [0.2, 0.25) is 0 Å². The minimum atomic E-state index is -4.77. The molecular formula is C29H23Cl2F3N2O5. The summed E-state index contributed by atoms with van der Waals surface area (Å²) in [5.41, 5.74) is 1.07. The number of carbonyl (C=O) groups is 3. The molecule has 1 aliphatic heterocycles. The number of imide groups is 2. The highest BCUT2D eigenvalue weighted by atomic mass is 35.5. The Kier molecular flexibility index (Phi) is 8.65. The van der Waals surface area contributed by atoms with E-state index in [2.05, 4.69) is 0 Å². The lowest BCUT2D eigenvalue weighted by Crippen LogP contribution is -2.54. The third-order valence-corrected chi connectivity index (χ3v) is 6.52. The molecule has 3 aromatic rings. The fourth-order valence-electron chi connectivity index (χ4n) is 4.29. The molecular weight excluding hydrogens is 584 g/mol. The molecule has 4 rings (SSSR count). The zero-order valence-corrected chi connectivity index (χ0v) is 23.5. The third-order valence-electron chi connectivity index (χ3n) is 5.92. The molecule has 3 aromatic carbocycles. The maximum atomic E-state index is 13.3. The van der Waals surface area contributed by atoms with E-state index in [9.17, 15) is 27.6 Å². The fourth-order valence-corrected chi connectivity index (χ4v) is 4.76. The number of anilines is 1. The van der Waals surface area contributed by atoms with E-state index >= 15 is 0 Å². The molecule has 0 saturated carbocycles. The van der Waals surface area contributed by atoms with Crippen LogP contribution in [0.4, 0.5) is 23.7 Å². The topological polar surface area (TPSA) is 84.9 Å². The third kappa shape index (κ3) is 6.66. The first-order valence-corrected chi connectivity index (χ1v) is 13.0. The number of nitrogens with zero attached hydrogens (tertiary/aromatic N) is 1. The normalized spacial score (nSPS) is 14.9. The van der Waals surface area contributed by atoms with Gasteiger partial charge in [0.25, 0.3) is 11.8 Å². The number of rotatable bonds is 7. The van der Waals surface area contributed by atoms with Crippen LogP contribution in [0.3, 0.4) is 0 Å². The lowest BCUT2D eigenvalue weighted by Gasteiger charge is -2.27. The van der Waals surface area contributed by atoms with Gasteiger partial charge in [-0.3, -0.25) is 14.9 Å². The van der Waals surface area contributed by atoms with Crippen LogP contribution in [0.5, 0.6) is 11.5 Å². The van der Waals surface area contributed by atoms with Crippen LogP contribution in [0, 0.1) is 13.8 Å². The molecule has 1 heterocycles. The number of benzene rings is 3. The molecule has 1 N–H and O–H groups in total. The van der Waals surface area contributed by atoms with E-state index in [1.165, 1.54) is 12.1 Å². The van der Waals surface area contributed by atoms with Gasteiger partial charge in [0.05, 0.1) is 27.9 Å². The maximum absolute atomic E-state index is 13.3. The van der Waals surface area contributed by atoms with Crippen LogP contribution in [0.2, 0.25) is 10.0 Å². The second-order valence-corrected chi connectivity index (χ2v) is 9.98. The molecule has 0 unspecified atom stereocenters. The van der Waals surface area contributed by atoms with E-state index in [1.54, 1.807) is 6.92 Å². The fraction of sp³-hybridized carbons (Fsp3) is 0.207. The molecule has 4 amide bonds. The summed E-state index contributed by atoms with van der Waals surface area (Å²) >= 11 is 12.6. The minimum Gasteiger partial charge on any atom is -0.490 e. The number of carbonyl (C=O) groups excluding carboxylic acids is 3. The standard InChI is InChI=1S/C29H23Cl2F3N2O5/c1-4-40-24-12-17(11-22(31)25(24)41-14-18-8-15(2)7-16(3)9-18)10-20-26(37)35-28(39)36(27(20)38)23-13-19(29(32,33)34)5-6-21(23)30/h5-13H,4,14H2,1-3H3,(H,35,37,39)/b20-10-. The molecule has 0 atom stereocenters. The van der Waals surface area contributed by atoms with Crippen LogP contribution in [-0.2, 0) is 22.4 Å². The van der Waals surface area contributed by atoms with Crippen LogP contribution >= 0.6 is 23.2 Å². The average molecular weight is 607 g/mol. The Balaban J connectivity index is 1.70. The maximum Gasteiger partial charge on any atom is 0.416 e. The number of aryl methyl sites for hydroxylation is 2. The first kappa shape index (κ1) is 30.0. The van der Waals surface area contributed by atoms with Gasteiger partial charge in [0, 0.05) is 0 Å². The van der Waals surface area contributed by atoms with Gasteiger partial charge in [-0.25, -0.2) is 9.69 Å². The molecule has 7 nitrogen and oxygen atoms in total. The van der Waals surface area contributed by atoms with Gasteiger partial charge in [-0.15, -0.1) is 0 Å². The van der Waals surface area contributed by atoms with Crippen LogP contribution in [0.25, 0.3) is 6.08 Å². The summed E-state index contributed by atoms with van der Waals surface area (Å²) in [7, 11) is 0. The van der Waals surface area contributed by atoms with Crippen molar-refractivity contribution in [3.8, 4) is 11.5 Å². The second kappa shape index (κ2) is 11.8. The van der Waals surface area contributed by atoms with E-state index in [-0.39, 0.29) is 40.3 Å². The number of amides is 4. The zero-order chi connectivity index (χ0) is 30.1. The number of hydrogen-bond acceptors (Lipinski definition) is 5. The molecule has 214 valence electrons. The van der Waals surface area contributed by atoms with E-state index < -0.39 is 40.8 Å². The van der Waals surface area contributed by atoms with E-state index in [0.29, 0.717) is 17.0 Å². The van der Waals surface area contributed by atoms with Gasteiger partial charge in [0.15, 0.2) is 11.5 Å². The molecule has 41 heavy (non-hydrogen) atoms. The van der Waals surface area contributed by atoms with Crippen molar-refractivity contribution in [1.82, 2.24) is 5.32 Å². The Morgan fingerprint density at radius 3 is 2.24 bits per heavy atom. The number of ether oxygens (including phenoxy) is 2. The highest BCUT2D eigenvalue weighted by Crippen LogP contribution is 2.39. The van der Waals surface area contributed by atoms with Crippen molar-refractivity contribution in [3.63, 3.8) is 0 Å². The molecule has 0 radical (unpaired) electrons. The molecule has 1 aliphatic rings. The van der Waals surface area contributed by atoms with Crippen LogP contribution in [0.1, 0.15) is 34.7 Å². The van der Waals surface area contributed by atoms with Gasteiger partial charge in [0.1, 0.15) is 12.2 Å². The highest BCUT2D eigenvalue weighted by molar-refractivity contribution is 6.42. The van der Waals surface area contributed by atoms with Gasteiger partial charge in [-0.1, -0.05) is 52.5 Å². The Bertz CT molecular complexity index is 1570. The smallest absolute Gasteiger partial charge is 0.416 e. The molecule has 0 bridgehead atoms. The van der Waals surface area contributed by atoms with Crippen LogP contribution in [-0.4, -0.2) is 24.5 Å². The Hall–Kier alpha value is -4.02. The predicted octanol–water partition coefficient (Wildman–Crippen LogP) is 7.27. The lowest BCUT2D eigenvalue weighted by atomic mass is 10.1. The van der Waals surface area contributed by atoms with Crippen molar-refractivity contribution < 1.29 is 37.0 Å². The predicted molar refractivity (Wildman–Crippen MR) is 148 cm³/mol. The van der Waals surface area contributed by atoms with Gasteiger partial charge in [-0.05, 0) is 68.3 Å². The number of nitrogens with one attached hydrogen (secondary N) is 1.